The summed E-state index contributed by atoms with van der Waals surface area (Å²) >= 11 is 0. The number of hydrogen-bond acceptors (Lipinski definition) is 4. The van der Waals surface area contributed by atoms with Crippen molar-refractivity contribution in [1.29, 1.82) is 0 Å². The molecule has 0 radical (unpaired) electrons. The fraction of sp³-hybridized carbons (Fsp3) is 0.562. The van der Waals surface area contributed by atoms with Crippen LogP contribution in [0.1, 0.15) is 31.1 Å². The first-order valence-electron chi connectivity index (χ1n) is 8.03. The number of rotatable bonds is 5. The number of piperazine rings is 1. The van der Waals surface area contributed by atoms with Crippen LogP contribution >= 0.6 is 12.4 Å². The molecule has 1 aromatic carbocycles. The van der Waals surface area contributed by atoms with E-state index in [9.17, 15) is 13.2 Å². The number of nitrogens with one attached hydrogen (secondary N) is 1. The predicted octanol–water partition coefficient (Wildman–Crippen LogP) is 1.57. The highest BCUT2D eigenvalue weighted by atomic mass is 35.5. The Morgan fingerprint density at radius 3 is 2.58 bits per heavy atom. The van der Waals surface area contributed by atoms with Crippen LogP contribution in [0.2, 0.25) is 0 Å². The lowest BCUT2D eigenvalue weighted by Gasteiger charge is -2.34. The van der Waals surface area contributed by atoms with Gasteiger partial charge in [0.1, 0.15) is 0 Å². The van der Waals surface area contributed by atoms with Crippen LogP contribution in [0.3, 0.4) is 0 Å². The molecule has 8 heteroatoms. The number of halogens is 1. The fourth-order valence-corrected chi connectivity index (χ4v) is 4.32. The number of nitrogens with zero attached hydrogens (tertiary/aromatic N) is 2. The van der Waals surface area contributed by atoms with Crippen molar-refractivity contribution in [3.63, 3.8) is 0 Å². The molecule has 24 heavy (non-hydrogen) atoms. The third-order valence-electron chi connectivity index (χ3n) is 4.19. The van der Waals surface area contributed by atoms with Gasteiger partial charge in [0.25, 0.3) is 5.91 Å². The Labute approximate surface area is 150 Å². The quantitative estimate of drug-likeness (QED) is 0.848. The van der Waals surface area contributed by atoms with Crippen LogP contribution < -0.4 is 5.32 Å². The third-order valence-corrected chi connectivity index (χ3v) is 6.23. The maximum atomic E-state index is 12.7. The highest BCUT2D eigenvalue weighted by Gasteiger charge is 2.26. The zero-order chi connectivity index (χ0) is 17.0. The lowest BCUT2D eigenvalue weighted by atomic mass is 10.1. The summed E-state index contributed by atoms with van der Waals surface area (Å²) in [5.74, 6) is -0.115. The lowest BCUT2D eigenvalue weighted by molar-refractivity contribution is 0.0655. The average molecular weight is 376 g/mol. The van der Waals surface area contributed by atoms with E-state index in [4.69, 9.17) is 0 Å². The van der Waals surface area contributed by atoms with Crippen molar-refractivity contribution < 1.29 is 13.2 Å². The van der Waals surface area contributed by atoms with Gasteiger partial charge in [0, 0.05) is 44.3 Å². The number of carbonyl (C=O) groups is 1. The van der Waals surface area contributed by atoms with Crippen LogP contribution in [0.4, 0.5) is 0 Å². The van der Waals surface area contributed by atoms with Gasteiger partial charge < -0.3 is 10.2 Å². The highest BCUT2D eigenvalue weighted by Crippen LogP contribution is 2.19. The van der Waals surface area contributed by atoms with Gasteiger partial charge in [-0.05, 0) is 25.1 Å². The van der Waals surface area contributed by atoms with Crippen LogP contribution in [0.25, 0.3) is 0 Å². The molecular weight excluding hydrogens is 350 g/mol. The maximum Gasteiger partial charge on any atom is 0.254 e. The summed E-state index contributed by atoms with van der Waals surface area (Å²) in [4.78, 5) is 14.7. The lowest BCUT2D eigenvalue weighted by Crippen LogP contribution is -2.52. The average Bonchev–Trinajstić information content (AvgIpc) is 2.55. The minimum atomic E-state index is -3.55. The van der Waals surface area contributed by atoms with Gasteiger partial charge in [-0.15, -0.1) is 12.4 Å². The summed E-state index contributed by atoms with van der Waals surface area (Å²) in [5.41, 5.74) is 0.423. The van der Waals surface area contributed by atoms with Gasteiger partial charge >= 0.3 is 0 Å². The van der Waals surface area contributed by atoms with E-state index in [-0.39, 0.29) is 29.3 Å². The SMILES string of the molecule is CCN(CC)S(=O)(=O)c1cccc(C(=O)N2CCNC[C@H]2C)c1.Cl. The molecule has 1 saturated heterocycles. The molecule has 2 rings (SSSR count). The topological polar surface area (TPSA) is 69.7 Å². The Morgan fingerprint density at radius 1 is 1.33 bits per heavy atom. The molecule has 1 aliphatic rings. The van der Waals surface area contributed by atoms with E-state index in [1.165, 1.54) is 10.4 Å². The number of benzene rings is 1. The van der Waals surface area contributed by atoms with Crippen molar-refractivity contribution in [2.75, 3.05) is 32.7 Å². The standard InChI is InChI=1S/C16H25N3O3S.ClH/c1-4-18(5-2)23(21,22)15-8-6-7-14(11-15)16(20)19-10-9-17-12-13(19)3;/h6-8,11,13,17H,4-5,9-10,12H2,1-3H3;1H/t13-;/m1./s1. The van der Waals surface area contributed by atoms with Crippen LogP contribution in [0.5, 0.6) is 0 Å². The minimum Gasteiger partial charge on any atom is -0.333 e. The Morgan fingerprint density at radius 2 is 2.00 bits per heavy atom. The van der Waals surface area contributed by atoms with Crippen LogP contribution in [0.15, 0.2) is 29.2 Å². The summed E-state index contributed by atoms with van der Waals surface area (Å²) in [6.45, 7) is 8.55. The number of hydrogen-bond donors (Lipinski definition) is 1. The third kappa shape index (κ3) is 4.27. The fourth-order valence-electron chi connectivity index (χ4n) is 2.81. The van der Waals surface area contributed by atoms with Gasteiger partial charge in [-0.3, -0.25) is 4.79 Å². The molecule has 1 heterocycles. The van der Waals surface area contributed by atoms with E-state index >= 15 is 0 Å². The monoisotopic (exact) mass is 375 g/mol. The van der Waals surface area contributed by atoms with E-state index in [2.05, 4.69) is 5.32 Å². The smallest absolute Gasteiger partial charge is 0.254 e. The van der Waals surface area contributed by atoms with Gasteiger partial charge in [-0.2, -0.15) is 4.31 Å². The van der Waals surface area contributed by atoms with E-state index in [0.29, 0.717) is 25.2 Å². The second-order valence-electron chi connectivity index (χ2n) is 5.67. The minimum absolute atomic E-state index is 0. The summed E-state index contributed by atoms with van der Waals surface area (Å²) in [6, 6.07) is 6.45. The molecule has 1 N–H and O–H groups in total. The first-order valence-corrected chi connectivity index (χ1v) is 9.47. The Hall–Kier alpha value is -1.15. The van der Waals surface area contributed by atoms with Crippen molar-refractivity contribution in [3.8, 4) is 0 Å². The van der Waals surface area contributed by atoms with Gasteiger partial charge in [0.05, 0.1) is 4.90 Å². The largest absolute Gasteiger partial charge is 0.333 e. The molecule has 0 aromatic heterocycles. The zero-order valence-corrected chi connectivity index (χ0v) is 16.0. The van der Waals surface area contributed by atoms with E-state index in [1.54, 1.807) is 36.9 Å². The second kappa shape index (κ2) is 8.80. The van der Waals surface area contributed by atoms with Crippen molar-refractivity contribution in [3.05, 3.63) is 29.8 Å². The second-order valence-corrected chi connectivity index (χ2v) is 7.61. The summed E-state index contributed by atoms with van der Waals surface area (Å²) in [6.07, 6.45) is 0. The first-order chi connectivity index (χ1) is 10.9. The Bertz CT molecular complexity index is 662. The van der Waals surface area contributed by atoms with Crippen molar-refractivity contribution in [2.24, 2.45) is 0 Å². The molecule has 0 unspecified atom stereocenters. The van der Waals surface area contributed by atoms with E-state index < -0.39 is 10.0 Å². The molecule has 1 aromatic rings. The van der Waals surface area contributed by atoms with Gasteiger partial charge in [0.2, 0.25) is 10.0 Å². The summed E-state index contributed by atoms with van der Waals surface area (Å²) < 4.78 is 26.6. The van der Waals surface area contributed by atoms with Crippen molar-refractivity contribution >= 4 is 28.3 Å². The Balaban J connectivity index is 0.00000288. The van der Waals surface area contributed by atoms with Crippen LogP contribution in [-0.2, 0) is 10.0 Å². The van der Waals surface area contributed by atoms with Gasteiger partial charge in [-0.1, -0.05) is 19.9 Å². The maximum absolute atomic E-state index is 12.7. The molecule has 1 aliphatic heterocycles. The molecule has 0 aliphatic carbocycles. The number of sulfonamides is 1. The first kappa shape index (κ1) is 20.9. The molecule has 1 atom stereocenters. The molecule has 1 fully saturated rings. The van der Waals surface area contributed by atoms with Gasteiger partial charge in [0.15, 0.2) is 0 Å². The number of amides is 1. The van der Waals surface area contributed by atoms with Crippen LogP contribution in [0, 0.1) is 0 Å². The molecule has 136 valence electrons. The van der Waals surface area contributed by atoms with Crippen molar-refractivity contribution in [2.45, 2.75) is 31.7 Å². The molecule has 0 saturated carbocycles. The van der Waals surface area contributed by atoms with E-state index in [0.717, 1.165) is 13.1 Å². The van der Waals surface area contributed by atoms with Gasteiger partial charge in [-0.25, -0.2) is 8.42 Å². The molecule has 0 spiro atoms. The highest BCUT2D eigenvalue weighted by molar-refractivity contribution is 7.89. The summed E-state index contributed by atoms with van der Waals surface area (Å²) in [7, 11) is -3.55. The van der Waals surface area contributed by atoms with Crippen LogP contribution in [-0.4, -0.2) is 62.3 Å². The van der Waals surface area contributed by atoms with E-state index in [1.807, 2.05) is 6.92 Å². The normalized spacial score (nSPS) is 18.3. The summed E-state index contributed by atoms with van der Waals surface area (Å²) in [5, 5.41) is 3.24. The predicted molar refractivity (Wildman–Crippen MR) is 97.2 cm³/mol. The molecule has 1 amide bonds. The number of carbonyl (C=O) groups excluding carboxylic acids is 1. The van der Waals surface area contributed by atoms with Crippen molar-refractivity contribution in [1.82, 2.24) is 14.5 Å². The Kier molecular flexibility index (Phi) is 7.66. The molecular formula is C16H26ClN3O3S. The zero-order valence-electron chi connectivity index (χ0n) is 14.4. The molecule has 0 bridgehead atoms. The molecule has 6 nitrogen and oxygen atoms in total.